The molecule has 1 unspecified atom stereocenters. The molecule has 0 aliphatic heterocycles. The van der Waals surface area contributed by atoms with Crippen LogP contribution >= 0.6 is 0 Å². The Morgan fingerprint density at radius 2 is 2.00 bits per heavy atom. The lowest BCUT2D eigenvalue weighted by Crippen LogP contribution is -1.93. The summed E-state index contributed by atoms with van der Waals surface area (Å²) in [6, 6.07) is 9.61. The van der Waals surface area contributed by atoms with E-state index >= 15 is 0 Å². The molecule has 0 amide bonds. The fourth-order valence-electron chi connectivity index (χ4n) is 1.35. The van der Waals surface area contributed by atoms with E-state index in [2.05, 4.69) is 12.1 Å². The van der Waals surface area contributed by atoms with E-state index in [1.165, 1.54) is 0 Å². The first kappa shape index (κ1) is 9.90. The van der Waals surface area contributed by atoms with Gasteiger partial charge in [0.15, 0.2) is 0 Å². The Bertz CT molecular complexity index is 246. The molecular weight excluding hydrogens is 162 g/mol. The Labute approximate surface area is 79.0 Å². The third-order valence-electron chi connectivity index (χ3n) is 2.14. The van der Waals surface area contributed by atoms with Gasteiger partial charge in [-0.3, -0.25) is 0 Å². The number of rotatable bonds is 5. The second-order valence-corrected chi connectivity index (χ2v) is 3.17. The molecule has 2 heteroatoms. The molecule has 0 saturated carbocycles. The van der Waals surface area contributed by atoms with Crippen LogP contribution in [0, 0.1) is 4.91 Å². The summed E-state index contributed by atoms with van der Waals surface area (Å²) in [4.78, 5) is 10.6. The predicted octanol–water partition coefficient (Wildman–Crippen LogP) is 3.68. The van der Waals surface area contributed by atoms with Crippen molar-refractivity contribution in [2.45, 2.75) is 32.2 Å². The highest BCUT2D eigenvalue weighted by molar-refractivity contribution is 5.18. The van der Waals surface area contributed by atoms with Crippen LogP contribution in [0.15, 0.2) is 35.5 Å². The van der Waals surface area contributed by atoms with Crippen LogP contribution in [0.25, 0.3) is 0 Å². The average molecular weight is 177 g/mol. The van der Waals surface area contributed by atoms with E-state index in [1.54, 1.807) is 0 Å². The molecule has 0 bridgehead atoms. The number of benzene rings is 1. The number of nitroso groups, excluding NO2 is 1. The molecule has 1 aromatic carbocycles. The van der Waals surface area contributed by atoms with Gasteiger partial charge in [-0.25, -0.2) is 0 Å². The number of hydrogen-bond acceptors (Lipinski definition) is 2. The van der Waals surface area contributed by atoms with Gasteiger partial charge in [-0.05, 0) is 12.0 Å². The Hall–Kier alpha value is -1.18. The maximum absolute atomic E-state index is 10.6. The Kier molecular flexibility index (Phi) is 4.16. The molecule has 0 saturated heterocycles. The van der Waals surface area contributed by atoms with Crippen LogP contribution in [0.2, 0.25) is 0 Å². The molecule has 0 spiro atoms. The molecule has 0 aliphatic carbocycles. The van der Waals surface area contributed by atoms with Crippen molar-refractivity contribution in [3.63, 3.8) is 0 Å². The molecule has 0 heterocycles. The number of hydrogen-bond donors (Lipinski definition) is 0. The normalized spacial score (nSPS) is 12.4. The van der Waals surface area contributed by atoms with Gasteiger partial charge in [0.05, 0.1) is 0 Å². The second kappa shape index (κ2) is 5.46. The Morgan fingerprint density at radius 1 is 1.31 bits per heavy atom. The van der Waals surface area contributed by atoms with Crippen molar-refractivity contribution in [2.24, 2.45) is 5.18 Å². The lowest BCUT2D eigenvalue weighted by atomic mass is 10.0. The molecule has 70 valence electrons. The van der Waals surface area contributed by atoms with E-state index in [9.17, 15) is 4.91 Å². The fourth-order valence-corrected chi connectivity index (χ4v) is 1.35. The van der Waals surface area contributed by atoms with Gasteiger partial charge in [0.1, 0.15) is 6.04 Å². The van der Waals surface area contributed by atoms with Crippen LogP contribution < -0.4 is 0 Å². The zero-order valence-electron chi connectivity index (χ0n) is 7.94. The molecule has 13 heavy (non-hydrogen) atoms. The summed E-state index contributed by atoms with van der Waals surface area (Å²) < 4.78 is 0. The standard InChI is InChI=1S/C11H15NO/c1-2-3-9-11(12-13)10-7-5-4-6-8-10/h4-8,11H,2-3,9H2,1H3. The van der Waals surface area contributed by atoms with Crippen LogP contribution in [-0.2, 0) is 0 Å². The summed E-state index contributed by atoms with van der Waals surface area (Å²) in [5.41, 5.74) is 1.03. The van der Waals surface area contributed by atoms with Gasteiger partial charge in [-0.1, -0.05) is 55.3 Å². The van der Waals surface area contributed by atoms with Crippen LogP contribution in [0.5, 0.6) is 0 Å². The molecule has 0 aromatic heterocycles. The van der Waals surface area contributed by atoms with Crippen molar-refractivity contribution in [3.8, 4) is 0 Å². The minimum Gasteiger partial charge on any atom is -0.150 e. The van der Waals surface area contributed by atoms with Crippen molar-refractivity contribution < 1.29 is 0 Å². The molecule has 0 fully saturated rings. The van der Waals surface area contributed by atoms with Gasteiger partial charge in [-0.15, -0.1) is 0 Å². The maximum Gasteiger partial charge on any atom is 0.117 e. The molecule has 1 aromatic rings. The Balaban J connectivity index is 2.61. The van der Waals surface area contributed by atoms with Gasteiger partial charge < -0.3 is 0 Å². The summed E-state index contributed by atoms with van der Waals surface area (Å²) in [5, 5.41) is 3.15. The largest absolute Gasteiger partial charge is 0.150 e. The highest BCUT2D eigenvalue weighted by atomic mass is 16.3. The third-order valence-corrected chi connectivity index (χ3v) is 2.14. The lowest BCUT2D eigenvalue weighted by Gasteiger charge is -2.07. The molecule has 0 N–H and O–H groups in total. The van der Waals surface area contributed by atoms with E-state index in [1.807, 2.05) is 30.3 Å². The molecule has 2 nitrogen and oxygen atoms in total. The summed E-state index contributed by atoms with van der Waals surface area (Å²) in [7, 11) is 0. The van der Waals surface area contributed by atoms with E-state index in [4.69, 9.17) is 0 Å². The third kappa shape index (κ3) is 2.98. The highest BCUT2D eigenvalue weighted by Crippen LogP contribution is 2.22. The molecule has 1 atom stereocenters. The van der Waals surface area contributed by atoms with Gasteiger partial charge in [-0.2, -0.15) is 4.91 Å². The van der Waals surface area contributed by atoms with E-state index < -0.39 is 0 Å². The molecule has 0 aliphatic rings. The topological polar surface area (TPSA) is 29.4 Å². The van der Waals surface area contributed by atoms with Gasteiger partial charge in [0.25, 0.3) is 0 Å². The fraction of sp³-hybridized carbons (Fsp3) is 0.455. The first-order valence-corrected chi connectivity index (χ1v) is 4.76. The van der Waals surface area contributed by atoms with Gasteiger partial charge >= 0.3 is 0 Å². The minimum atomic E-state index is -0.152. The zero-order valence-corrected chi connectivity index (χ0v) is 7.94. The van der Waals surface area contributed by atoms with Crippen molar-refractivity contribution >= 4 is 0 Å². The average Bonchev–Trinajstić information content (AvgIpc) is 2.21. The van der Waals surface area contributed by atoms with Crippen LogP contribution in [-0.4, -0.2) is 0 Å². The summed E-state index contributed by atoms with van der Waals surface area (Å²) >= 11 is 0. The smallest absolute Gasteiger partial charge is 0.117 e. The number of unbranched alkanes of at least 4 members (excludes halogenated alkanes) is 1. The first-order valence-electron chi connectivity index (χ1n) is 4.76. The zero-order chi connectivity index (χ0) is 9.52. The van der Waals surface area contributed by atoms with Crippen LogP contribution in [0.3, 0.4) is 0 Å². The summed E-state index contributed by atoms with van der Waals surface area (Å²) in [6.45, 7) is 2.12. The SMILES string of the molecule is CCCCC(N=O)c1ccccc1. The summed E-state index contributed by atoms with van der Waals surface area (Å²) in [6.07, 6.45) is 3.04. The monoisotopic (exact) mass is 177 g/mol. The second-order valence-electron chi connectivity index (χ2n) is 3.17. The van der Waals surface area contributed by atoms with Gasteiger partial charge in [0, 0.05) is 0 Å². The quantitative estimate of drug-likeness (QED) is 0.631. The predicted molar refractivity (Wildman–Crippen MR) is 54.5 cm³/mol. The van der Waals surface area contributed by atoms with Crippen molar-refractivity contribution in [1.29, 1.82) is 0 Å². The number of nitrogens with zero attached hydrogens (tertiary/aromatic N) is 1. The highest BCUT2D eigenvalue weighted by Gasteiger charge is 2.09. The van der Waals surface area contributed by atoms with E-state index in [0.717, 1.165) is 24.8 Å². The molecule has 0 radical (unpaired) electrons. The van der Waals surface area contributed by atoms with Gasteiger partial charge in [0.2, 0.25) is 0 Å². The van der Waals surface area contributed by atoms with E-state index in [-0.39, 0.29) is 6.04 Å². The molecular formula is C11H15NO. The lowest BCUT2D eigenvalue weighted by molar-refractivity contribution is 0.602. The van der Waals surface area contributed by atoms with Crippen LogP contribution in [0.1, 0.15) is 37.8 Å². The van der Waals surface area contributed by atoms with Crippen LogP contribution in [0.4, 0.5) is 0 Å². The maximum atomic E-state index is 10.6. The Morgan fingerprint density at radius 3 is 2.54 bits per heavy atom. The summed E-state index contributed by atoms with van der Waals surface area (Å²) in [5.74, 6) is 0. The molecule has 1 rings (SSSR count). The van der Waals surface area contributed by atoms with Crippen molar-refractivity contribution in [2.75, 3.05) is 0 Å². The van der Waals surface area contributed by atoms with Crippen molar-refractivity contribution in [1.82, 2.24) is 0 Å². The first-order chi connectivity index (χ1) is 6.38. The van der Waals surface area contributed by atoms with Crippen molar-refractivity contribution in [3.05, 3.63) is 40.8 Å². The minimum absolute atomic E-state index is 0.152. The van der Waals surface area contributed by atoms with E-state index in [0.29, 0.717) is 0 Å².